The predicted molar refractivity (Wildman–Crippen MR) is 54.5 cm³/mol. The van der Waals surface area contributed by atoms with Crippen LogP contribution in [-0.4, -0.2) is 37.2 Å². The van der Waals surface area contributed by atoms with Crippen molar-refractivity contribution in [3.63, 3.8) is 0 Å². The van der Waals surface area contributed by atoms with Gasteiger partial charge in [-0.3, -0.25) is 4.90 Å². The van der Waals surface area contributed by atoms with Crippen LogP contribution in [0.2, 0.25) is 0 Å². The maximum absolute atomic E-state index is 5.58. The molecule has 0 aromatic carbocycles. The van der Waals surface area contributed by atoms with E-state index in [0.717, 1.165) is 45.5 Å². The Hall–Kier alpha value is -0.520. The van der Waals surface area contributed by atoms with Gasteiger partial charge in [-0.1, -0.05) is 6.92 Å². The Morgan fingerprint density at radius 2 is 2.46 bits per heavy atom. The molecule has 13 heavy (non-hydrogen) atoms. The highest BCUT2D eigenvalue weighted by molar-refractivity contribution is 4.83. The van der Waals surface area contributed by atoms with Crippen molar-refractivity contribution < 1.29 is 4.74 Å². The summed E-state index contributed by atoms with van der Waals surface area (Å²) in [6.07, 6.45) is 8.78. The fourth-order valence-corrected chi connectivity index (χ4v) is 1.64. The Balaban J connectivity index is 2.15. The van der Waals surface area contributed by atoms with Gasteiger partial charge >= 0.3 is 0 Å². The fourth-order valence-electron chi connectivity index (χ4n) is 1.64. The highest BCUT2D eigenvalue weighted by atomic mass is 16.5. The molecule has 0 N–H and O–H groups in total. The van der Waals surface area contributed by atoms with Gasteiger partial charge in [0.25, 0.3) is 0 Å². The molecule has 0 radical (unpaired) electrons. The van der Waals surface area contributed by atoms with Crippen molar-refractivity contribution in [2.45, 2.75) is 32.3 Å². The second-order valence-electron chi connectivity index (χ2n) is 3.51. The SMILES string of the molecule is C#CCCCN1CCOC(CC)C1. The van der Waals surface area contributed by atoms with E-state index in [4.69, 9.17) is 11.2 Å². The third-order valence-electron chi connectivity index (χ3n) is 2.47. The molecule has 2 nitrogen and oxygen atoms in total. The number of unbranched alkanes of at least 4 members (excludes halogenated alkanes) is 1. The first-order valence-corrected chi connectivity index (χ1v) is 5.14. The summed E-state index contributed by atoms with van der Waals surface area (Å²) in [5.41, 5.74) is 0. The van der Waals surface area contributed by atoms with E-state index in [1.807, 2.05) is 0 Å². The highest BCUT2D eigenvalue weighted by Crippen LogP contribution is 2.08. The molecule has 74 valence electrons. The molecule has 1 saturated heterocycles. The zero-order chi connectivity index (χ0) is 9.52. The molecule has 1 heterocycles. The van der Waals surface area contributed by atoms with Crippen LogP contribution in [0.25, 0.3) is 0 Å². The maximum atomic E-state index is 5.58. The molecule has 2 heteroatoms. The number of ether oxygens (including phenoxy) is 1. The van der Waals surface area contributed by atoms with Crippen LogP contribution in [0, 0.1) is 12.3 Å². The van der Waals surface area contributed by atoms with Crippen molar-refractivity contribution in [1.29, 1.82) is 0 Å². The summed E-state index contributed by atoms with van der Waals surface area (Å²) in [7, 11) is 0. The van der Waals surface area contributed by atoms with Gasteiger partial charge in [-0.25, -0.2) is 0 Å². The summed E-state index contributed by atoms with van der Waals surface area (Å²) in [4.78, 5) is 2.45. The lowest BCUT2D eigenvalue weighted by atomic mass is 10.2. The minimum absolute atomic E-state index is 0.444. The Morgan fingerprint density at radius 1 is 1.62 bits per heavy atom. The standard InChI is InChI=1S/C11H19NO/c1-3-5-6-7-12-8-9-13-11(4-2)10-12/h1,11H,4-10H2,2H3. The molecule has 1 aliphatic heterocycles. The summed E-state index contributed by atoms with van der Waals surface area (Å²) in [6, 6.07) is 0. The van der Waals surface area contributed by atoms with Crippen LogP contribution in [0.4, 0.5) is 0 Å². The smallest absolute Gasteiger partial charge is 0.0700 e. The summed E-state index contributed by atoms with van der Waals surface area (Å²) < 4.78 is 5.58. The fraction of sp³-hybridized carbons (Fsp3) is 0.818. The van der Waals surface area contributed by atoms with Gasteiger partial charge in [0.1, 0.15) is 0 Å². The number of nitrogens with zero attached hydrogens (tertiary/aromatic N) is 1. The third kappa shape index (κ3) is 3.80. The lowest BCUT2D eigenvalue weighted by Gasteiger charge is -2.32. The maximum Gasteiger partial charge on any atom is 0.0700 e. The highest BCUT2D eigenvalue weighted by Gasteiger charge is 2.17. The average Bonchev–Trinajstić information content (AvgIpc) is 2.19. The van der Waals surface area contributed by atoms with E-state index >= 15 is 0 Å². The van der Waals surface area contributed by atoms with Gasteiger partial charge < -0.3 is 4.74 Å². The lowest BCUT2D eigenvalue weighted by Crippen LogP contribution is -2.42. The Bertz CT molecular complexity index is 173. The van der Waals surface area contributed by atoms with Gasteiger partial charge in [0.05, 0.1) is 12.7 Å². The van der Waals surface area contributed by atoms with E-state index in [1.54, 1.807) is 0 Å². The molecular weight excluding hydrogens is 162 g/mol. The quantitative estimate of drug-likeness (QED) is 0.481. The Labute approximate surface area is 81.3 Å². The summed E-state index contributed by atoms with van der Waals surface area (Å²) in [6.45, 7) is 6.34. The number of hydrogen-bond acceptors (Lipinski definition) is 2. The van der Waals surface area contributed by atoms with E-state index in [1.165, 1.54) is 0 Å². The molecule has 1 rings (SSSR count). The van der Waals surface area contributed by atoms with Crippen molar-refractivity contribution in [3.05, 3.63) is 0 Å². The van der Waals surface area contributed by atoms with Gasteiger partial charge in [-0.05, 0) is 19.4 Å². The monoisotopic (exact) mass is 181 g/mol. The van der Waals surface area contributed by atoms with E-state index in [9.17, 15) is 0 Å². The Kier molecular flexibility index (Phi) is 4.88. The minimum Gasteiger partial charge on any atom is -0.376 e. The van der Waals surface area contributed by atoms with E-state index < -0.39 is 0 Å². The number of morpholine rings is 1. The molecule has 0 aromatic heterocycles. The predicted octanol–water partition coefficient (Wildman–Crippen LogP) is 1.51. The molecule has 1 unspecified atom stereocenters. The molecule has 1 fully saturated rings. The van der Waals surface area contributed by atoms with Crippen LogP contribution in [0.1, 0.15) is 26.2 Å². The van der Waals surface area contributed by atoms with Gasteiger partial charge in [-0.2, -0.15) is 0 Å². The van der Waals surface area contributed by atoms with Crippen molar-refractivity contribution in [1.82, 2.24) is 4.90 Å². The van der Waals surface area contributed by atoms with Crippen LogP contribution in [0.5, 0.6) is 0 Å². The number of terminal acetylenes is 1. The second kappa shape index (κ2) is 6.01. The molecular formula is C11H19NO. The van der Waals surface area contributed by atoms with Crippen molar-refractivity contribution in [2.75, 3.05) is 26.2 Å². The largest absolute Gasteiger partial charge is 0.376 e. The number of rotatable bonds is 4. The molecule has 0 amide bonds. The third-order valence-corrected chi connectivity index (χ3v) is 2.47. The summed E-state index contributed by atoms with van der Waals surface area (Å²) in [5.74, 6) is 2.67. The molecule has 1 aliphatic rings. The summed E-state index contributed by atoms with van der Waals surface area (Å²) >= 11 is 0. The van der Waals surface area contributed by atoms with Gasteiger partial charge in [0.15, 0.2) is 0 Å². The zero-order valence-electron chi connectivity index (χ0n) is 8.46. The topological polar surface area (TPSA) is 12.5 Å². The normalized spacial score (nSPS) is 24.2. The second-order valence-corrected chi connectivity index (χ2v) is 3.51. The van der Waals surface area contributed by atoms with Crippen LogP contribution < -0.4 is 0 Å². The summed E-state index contributed by atoms with van der Waals surface area (Å²) in [5, 5.41) is 0. The first-order chi connectivity index (χ1) is 6.36. The lowest BCUT2D eigenvalue weighted by molar-refractivity contribution is -0.0297. The zero-order valence-corrected chi connectivity index (χ0v) is 8.46. The molecule has 0 bridgehead atoms. The average molecular weight is 181 g/mol. The van der Waals surface area contributed by atoms with Crippen LogP contribution in [0.15, 0.2) is 0 Å². The van der Waals surface area contributed by atoms with Crippen molar-refractivity contribution in [3.8, 4) is 12.3 Å². The van der Waals surface area contributed by atoms with E-state index in [-0.39, 0.29) is 0 Å². The van der Waals surface area contributed by atoms with Gasteiger partial charge in [-0.15, -0.1) is 12.3 Å². The van der Waals surface area contributed by atoms with Gasteiger partial charge in [0.2, 0.25) is 0 Å². The van der Waals surface area contributed by atoms with Crippen LogP contribution in [-0.2, 0) is 4.74 Å². The van der Waals surface area contributed by atoms with Crippen molar-refractivity contribution in [2.24, 2.45) is 0 Å². The first-order valence-electron chi connectivity index (χ1n) is 5.14. The molecule has 0 aliphatic carbocycles. The first kappa shape index (κ1) is 10.6. The van der Waals surface area contributed by atoms with E-state index in [0.29, 0.717) is 6.10 Å². The minimum atomic E-state index is 0.444. The van der Waals surface area contributed by atoms with Crippen LogP contribution in [0.3, 0.4) is 0 Å². The number of hydrogen-bond donors (Lipinski definition) is 0. The van der Waals surface area contributed by atoms with Crippen molar-refractivity contribution >= 4 is 0 Å². The van der Waals surface area contributed by atoms with Crippen LogP contribution >= 0.6 is 0 Å². The molecule has 0 spiro atoms. The Morgan fingerprint density at radius 3 is 3.15 bits per heavy atom. The van der Waals surface area contributed by atoms with E-state index in [2.05, 4.69) is 17.7 Å². The molecule has 0 saturated carbocycles. The van der Waals surface area contributed by atoms with Gasteiger partial charge in [0, 0.05) is 19.5 Å². The molecule has 1 atom stereocenters. The molecule has 0 aromatic rings.